The van der Waals surface area contributed by atoms with Crippen molar-refractivity contribution in [2.75, 3.05) is 5.32 Å². The molecule has 0 amide bonds. The molecule has 0 bridgehead atoms. The first-order valence-electron chi connectivity index (χ1n) is 7.93. The van der Waals surface area contributed by atoms with Gasteiger partial charge in [-0.2, -0.15) is 9.50 Å². The van der Waals surface area contributed by atoms with E-state index in [1.165, 1.54) is 0 Å². The van der Waals surface area contributed by atoms with Gasteiger partial charge in [0, 0.05) is 27.5 Å². The Hall–Kier alpha value is -2.73. The first kappa shape index (κ1) is 15.8. The van der Waals surface area contributed by atoms with Crippen LogP contribution in [0.25, 0.3) is 17.2 Å². The fourth-order valence-corrected chi connectivity index (χ4v) is 2.90. The third-order valence-electron chi connectivity index (χ3n) is 3.90. The maximum absolute atomic E-state index is 4.63. The molecular formula is C19H16BrN5. The van der Waals surface area contributed by atoms with Crippen LogP contribution >= 0.6 is 15.9 Å². The van der Waals surface area contributed by atoms with E-state index in [-0.39, 0.29) is 0 Å². The van der Waals surface area contributed by atoms with Crippen LogP contribution in [0.2, 0.25) is 0 Å². The van der Waals surface area contributed by atoms with Gasteiger partial charge in [-0.25, -0.2) is 4.98 Å². The third-order valence-corrected chi connectivity index (χ3v) is 4.79. The van der Waals surface area contributed by atoms with Crippen molar-refractivity contribution in [1.82, 2.24) is 19.6 Å². The van der Waals surface area contributed by atoms with Crippen molar-refractivity contribution in [2.45, 2.75) is 13.8 Å². The molecule has 0 saturated carbocycles. The van der Waals surface area contributed by atoms with Crippen molar-refractivity contribution in [1.29, 1.82) is 0 Å². The summed E-state index contributed by atoms with van der Waals surface area (Å²) in [5.74, 6) is 2.07. The Balaban J connectivity index is 1.80. The average Bonchev–Trinajstić information content (AvgIpc) is 3.03. The van der Waals surface area contributed by atoms with Crippen LogP contribution in [0, 0.1) is 13.8 Å². The SMILES string of the molecule is Cc1cc(Nc2ccc(Br)c(C)c2)n2nc(-c3ccccc3)nc2n1. The summed E-state index contributed by atoms with van der Waals surface area (Å²) in [6.07, 6.45) is 0. The number of rotatable bonds is 3. The smallest absolute Gasteiger partial charge is 0.254 e. The van der Waals surface area contributed by atoms with Gasteiger partial charge in [-0.05, 0) is 37.6 Å². The molecule has 2 aromatic carbocycles. The zero-order chi connectivity index (χ0) is 17.4. The standard InChI is InChI=1S/C19H16BrN5/c1-12-10-15(8-9-16(12)20)22-17-11-13(2)21-19-23-18(24-25(17)19)14-6-4-3-5-7-14/h3-11,22H,1-2H3. The molecule has 0 aliphatic carbocycles. The number of nitrogens with zero attached hydrogens (tertiary/aromatic N) is 4. The van der Waals surface area contributed by atoms with Crippen LogP contribution < -0.4 is 5.32 Å². The maximum Gasteiger partial charge on any atom is 0.254 e. The van der Waals surface area contributed by atoms with Crippen LogP contribution in [-0.2, 0) is 0 Å². The molecule has 0 atom stereocenters. The van der Waals surface area contributed by atoms with E-state index < -0.39 is 0 Å². The van der Waals surface area contributed by atoms with Crippen LogP contribution in [0.3, 0.4) is 0 Å². The Bertz CT molecular complexity index is 1060. The molecule has 0 aliphatic rings. The minimum atomic E-state index is 0.579. The molecule has 0 saturated heterocycles. The van der Waals surface area contributed by atoms with Crippen molar-refractivity contribution in [3.63, 3.8) is 0 Å². The van der Waals surface area contributed by atoms with E-state index in [9.17, 15) is 0 Å². The van der Waals surface area contributed by atoms with Gasteiger partial charge in [0.05, 0.1) is 0 Å². The van der Waals surface area contributed by atoms with Crippen molar-refractivity contribution >= 4 is 33.2 Å². The van der Waals surface area contributed by atoms with Gasteiger partial charge < -0.3 is 5.32 Å². The summed E-state index contributed by atoms with van der Waals surface area (Å²) < 4.78 is 2.83. The first-order valence-corrected chi connectivity index (χ1v) is 8.72. The molecule has 0 unspecified atom stereocenters. The Morgan fingerprint density at radius 3 is 2.52 bits per heavy atom. The topological polar surface area (TPSA) is 55.1 Å². The second-order valence-corrected chi connectivity index (χ2v) is 6.74. The highest BCUT2D eigenvalue weighted by Gasteiger charge is 2.11. The second-order valence-electron chi connectivity index (χ2n) is 5.88. The predicted molar refractivity (Wildman–Crippen MR) is 103 cm³/mol. The molecule has 5 nitrogen and oxygen atoms in total. The molecule has 25 heavy (non-hydrogen) atoms. The lowest BCUT2D eigenvalue weighted by atomic mass is 10.2. The fraction of sp³-hybridized carbons (Fsp3) is 0.105. The molecule has 2 heterocycles. The molecule has 124 valence electrons. The number of anilines is 2. The highest BCUT2D eigenvalue weighted by Crippen LogP contribution is 2.24. The monoisotopic (exact) mass is 393 g/mol. The van der Waals surface area contributed by atoms with Gasteiger partial charge in [0.15, 0.2) is 5.82 Å². The number of hydrogen-bond acceptors (Lipinski definition) is 4. The second kappa shape index (κ2) is 6.29. The number of aromatic nitrogens is 4. The Morgan fingerprint density at radius 1 is 0.960 bits per heavy atom. The lowest BCUT2D eigenvalue weighted by Gasteiger charge is -2.10. The Morgan fingerprint density at radius 2 is 1.76 bits per heavy atom. The molecule has 0 radical (unpaired) electrons. The van der Waals surface area contributed by atoms with Gasteiger partial charge in [0.2, 0.25) is 0 Å². The lowest BCUT2D eigenvalue weighted by molar-refractivity contribution is 0.940. The number of aryl methyl sites for hydroxylation is 2. The molecule has 4 rings (SSSR count). The van der Waals surface area contributed by atoms with Gasteiger partial charge in [-0.15, -0.1) is 5.10 Å². The van der Waals surface area contributed by atoms with Crippen molar-refractivity contribution in [3.05, 3.63) is 70.3 Å². The number of fused-ring (bicyclic) bond motifs is 1. The quantitative estimate of drug-likeness (QED) is 0.536. The van der Waals surface area contributed by atoms with E-state index in [0.717, 1.165) is 32.8 Å². The molecule has 6 heteroatoms. The summed E-state index contributed by atoms with van der Waals surface area (Å²) in [4.78, 5) is 9.07. The van der Waals surface area contributed by atoms with E-state index in [1.807, 2.05) is 55.5 Å². The van der Waals surface area contributed by atoms with E-state index in [1.54, 1.807) is 4.52 Å². The van der Waals surface area contributed by atoms with Crippen molar-refractivity contribution in [3.8, 4) is 11.4 Å². The van der Waals surface area contributed by atoms with E-state index >= 15 is 0 Å². The molecule has 0 aliphatic heterocycles. The predicted octanol–water partition coefficient (Wildman–Crippen LogP) is 4.91. The summed E-state index contributed by atoms with van der Waals surface area (Å²) in [5, 5.41) is 8.05. The molecule has 0 spiro atoms. The Kier molecular flexibility index (Phi) is 3.97. The number of nitrogens with one attached hydrogen (secondary N) is 1. The van der Waals surface area contributed by atoms with Crippen LogP contribution in [0.1, 0.15) is 11.3 Å². The minimum absolute atomic E-state index is 0.579. The first-order chi connectivity index (χ1) is 12.1. The zero-order valence-electron chi connectivity index (χ0n) is 13.9. The fourth-order valence-electron chi connectivity index (χ4n) is 2.66. The normalized spacial score (nSPS) is 11.0. The highest BCUT2D eigenvalue weighted by molar-refractivity contribution is 9.10. The highest BCUT2D eigenvalue weighted by atomic mass is 79.9. The number of halogens is 1. The maximum atomic E-state index is 4.63. The third kappa shape index (κ3) is 3.13. The summed E-state index contributed by atoms with van der Waals surface area (Å²) in [6, 6.07) is 18.0. The van der Waals surface area contributed by atoms with Gasteiger partial charge in [0.25, 0.3) is 5.78 Å². The van der Waals surface area contributed by atoms with E-state index in [0.29, 0.717) is 11.6 Å². The largest absolute Gasteiger partial charge is 0.340 e. The van der Waals surface area contributed by atoms with E-state index in [2.05, 4.69) is 49.3 Å². The summed E-state index contributed by atoms with van der Waals surface area (Å²) in [6.45, 7) is 4.01. The molecule has 1 N–H and O–H groups in total. The van der Waals surface area contributed by atoms with Crippen LogP contribution in [0.4, 0.5) is 11.5 Å². The van der Waals surface area contributed by atoms with Gasteiger partial charge in [-0.3, -0.25) is 0 Å². The minimum Gasteiger partial charge on any atom is -0.340 e. The van der Waals surface area contributed by atoms with Gasteiger partial charge in [0.1, 0.15) is 5.82 Å². The Labute approximate surface area is 153 Å². The molecular weight excluding hydrogens is 378 g/mol. The average molecular weight is 394 g/mol. The number of hydrogen-bond donors (Lipinski definition) is 1. The summed E-state index contributed by atoms with van der Waals surface area (Å²) in [7, 11) is 0. The van der Waals surface area contributed by atoms with E-state index in [4.69, 9.17) is 0 Å². The van der Waals surface area contributed by atoms with Crippen LogP contribution in [0.5, 0.6) is 0 Å². The lowest BCUT2D eigenvalue weighted by Crippen LogP contribution is -2.02. The number of benzene rings is 2. The molecule has 2 aromatic heterocycles. The summed E-state index contributed by atoms with van der Waals surface area (Å²) in [5.41, 5.74) is 4.01. The summed E-state index contributed by atoms with van der Waals surface area (Å²) >= 11 is 3.53. The van der Waals surface area contributed by atoms with Crippen LogP contribution in [-0.4, -0.2) is 19.6 Å². The molecule has 4 aromatic rings. The zero-order valence-corrected chi connectivity index (χ0v) is 15.4. The van der Waals surface area contributed by atoms with Gasteiger partial charge >= 0.3 is 0 Å². The van der Waals surface area contributed by atoms with Crippen molar-refractivity contribution < 1.29 is 0 Å². The van der Waals surface area contributed by atoms with Crippen molar-refractivity contribution in [2.24, 2.45) is 0 Å². The van der Waals surface area contributed by atoms with Crippen LogP contribution in [0.15, 0.2) is 59.1 Å². The van der Waals surface area contributed by atoms with Gasteiger partial charge in [-0.1, -0.05) is 46.3 Å². The molecule has 0 fully saturated rings.